The first-order valence-electron chi connectivity index (χ1n) is 27.7. The standard InChI is InChI=1S/C42H71N11O15.2C4H8.2CH5N/c1-5-28(49-25(2)54)38(64)46-21-11-16-34(58)53-30(14-7-9-19-45-42(68)32(24-37(62)63)51-27(4)56)40(66)48-22-12-17-35(59)52-29(39(65)47-20-10-15-33(43)57)13-6-8-18-44-41(67)31(23-36(60)61)50-26(3)55;2*1-2-4-3-1;2*1-2/h28-32H,5-24H2,1-4H3,(H2,43,57)(H,44,67)(H,45,68)(H,46,64)(H,47,65)(H,48,66)(H,49,54)(H,50,55)(H,51,56)(H,52,59)(H,53,58)(H,60,61)(H,62,63);2*1-4H2;2*2H2,1H3/p-2. The van der Waals surface area contributed by atoms with Gasteiger partial charge in [-0.1, -0.05) is 58.3 Å². The van der Waals surface area contributed by atoms with E-state index in [-0.39, 0.29) is 103 Å². The van der Waals surface area contributed by atoms with E-state index in [2.05, 4.69) is 64.6 Å². The van der Waals surface area contributed by atoms with Crippen molar-refractivity contribution in [2.75, 3.05) is 46.8 Å². The van der Waals surface area contributed by atoms with Crippen LogP contribution in [-0.2, 0) is 62.3 Å². The molecule has 0 bridgehead atoms. The third kappa shape index (κ3) is 45.0. The number of hydrogen-bond acceptors (Lipinski definition) is 17. The molecule has 2 saturated carbocycles. The molecule has 2 fully saturated rings. The number of carbonyl (C=O) groups excluding carboxylic acids is 13. The van der Waals surface area contributed by atoms with E-state index in [9.17, 15) is 72.5 Å². The minimum Gasteiger partial charge on any atom is -0.550 e. The molecule has 2 aliphatic carbocycles. The second-order valence-corrected chi connectivity index (χ2v) is 18.6. The van der Waals surface area contributed by atoms with E-state index in [0.717, 1.165) is 13.8 Å². The molecule has 0 heterocycles. The van der Waals surface area contributed by atoms with Gasteiger partial charge in [0.25, 0.3) is 0 Å². The number of rotatable bonds is 37. The number of nitrogens with one attached hydrogen (secondary N) is 10. The molecule has 0 saturated heterocycles. The second-order valence-electron chi connectivity index (χ2n) is 18.6. The number of aliphatic carboxylic acids is 2. The maximum absolute atomic E-state index is 13.3. The van der Waals surface area contributed by atoms with Crippen molar-refractivity contribution >= 4 is 76.9 Å². The molecule has 2 aliphatic rings. The van der Waals surface area contributed by atoms with E-state index >= 15 is 0 Å². The molecule has 460 valence electrons. The number of amides is 11. The molecule has 0 radical (unpaired) electrons. The number of primary amides is 1. The summed E-state index contributed by atoms with van der Waals surface area (Å²) in [5.74, 6) is -9.43. The Morgan fingerprint density at radius 2 is 0.637 bits per heavy atom. The van der Waals surface area contributed by atoms with Crippen molar-refractivity contribution in [1.82, 2.24) is 53.2 Å². The van der Waals surface area contributed by atoms with Crippen LogP contribution in [0.25, 0.3) is 0 Å². The van der Waals surface area contributed by atoms with Gasteiger partial charge in [0.05, 0.1) is 0 Å². The van der Waals surface area contributed by atoms with Crippen molar-refractivity contribution < 1.29 is 72.5 Å². The maximum atomic E-state index is 13.3. The molecule has 5 unspecified atom stereocenters. The highest BCUT2D eigenvalue weighted by molar-refractivity contribution is 5.91. The molecule has 0 spiro atoms. The van der Waals surface area contributed by atoms with Crippen LogP contribution in [0.2, 0.25) is 0 Å². The topological polar surface area (TPSA) is 466 Å². The van der Waals surface area contributed by atoms with E-state index in [1.54, 1.807) is 6.92 Å². The summed E-state index contributed by atoms with van der Waals surface area (Å²) in [6, 6.07) is -5.57. The van der Waals surface area contributed by atoms with Gasteiger partial charge in [-0.25, -0.2) is 0 Å². The Morgan fingerprint density at radius 1 is 0.375 bits per heavy atom. The average molecular weight is 1140 g/mol. The van der Waals surface area contributed by atoms with Crippen LogP contribution < -0.4 is 80.6 Å². The van der Waals surface area contributed by atoms with Crippen LogP contribution in [0.4, 0.5) is 0 Å². The fraction of sp³-hybridized carbons (Fsp3) is 0.750. The minimum absolute atomic E-state index is 0.0139. The largest absolute Gasteiger partial charge is 0.550 e. The van der Waals surface area contributed by atoms with Gasteiger partial charge in [0, 0.05) is 97.5 Å². The van der Waals surface area contributed by atoms with Gasteiger partial charge < -0.3 is 90.2 Å². The van der Waals surface area contributed by atoms with Crippen LogP contribution >= 0.6 is 0 Å². The molecular formula is C52H95N13O15-2. The molecule has 0 aromatic rings. The van der Waals surface area contributed by atoms with Gasteiger partial charge in [-0.05, 0) is 78.3 Å². The highest BCUT2D eigenvalue weighted by Crippen LogP contribution is 2.15. The van der Waals surface area contributed by atoms with Crippen LogP contribution in [0.15, 0.2) is 0 Å². The lowest BCUT2D eigenvalue weighted by Gasteiger charge is -2.20. The number of carbonyl (C=O) groups is 13. The number of nitrogens with two attached hydrogens (primary N) is 3. The van der Waals surface area contributed by atoms with E-state index in [1.165, 1.54) is 72.4 Å². The van der Waals surface area contributed by atoms with E-state index in [4.69, 9.17) is 5.73 Å². The van der Waals surface area contributed by atoms with Gasteiger partial charge in [-0.2, -0.15) is 0 Å². The summed E-state index contributed by atoms with van der Waals surface area (Å²) in [6.45, 7) is 5.48. The SMILES string of the molecule is C1CCC1.C1CCC1.CCC(NC(C)=O)C(=O)NCCCC(=O)NC(CCCCNC(=O)C(CC(=O)[O-])NC(C)=O)C(=O)NCCCC(=O)NC(CCCCNC(=O)C(CC(=O)[O-])NC(C)=O)C(=O)NCCCC(N)=O.CN.CN. The summed E-state index contributed by atoms with van der Waals surface area (Å²) in [7, 11) is 3.00. The molecule has 80 heavy (non-hydrogen) atoms. The summed E-state index contributed by atoms with van der Waals surface area (Å²) in [4.78, 5) is 157. The number of hydrogen-bond donors (Lipinski definition) is 13. The quantitative estimate of drug-likeness (QED) is 0.0265. The zero-order valence-corrected chi connectivity index (χ0v) is 48.0. The predicted octanol–water partition coefficient (Wildman–Crippen LogP) is -3.82. The summed E-state index contributed by atoms with van der Waals surface area (Å²) in [6.07, 6.45) is 12.5. The van der Waals surface area contributed by atoms with Crippen LogP contribution in [0.1, 0.15) is 175 Å². The molecule has 11 amide bonds. The summed E-state index contributed by atoms with van der Waals surface area (Å²) < 4.78 is 0. The molecule has 0 aliphatic heterocycles. The molecule has 16 N–H and O–H groups in total. The Bertz CT molecular complexity index is 1840. The van der Waals surface area contributed by atoms with Crippen molar-refractivity contribution in [1.29, 1.82) is 0 Å². The Kier molecular flexibility index (Phi) is 48.5. The normalized spacial score (nSPS) is 13.4. The van der Waals surface area contributed by atoms with Gasteiger partial charge in [-0.15, -0.1) is 0 Å². The zero-order valence-electron chi connectivity index (χ0n) is 48.0. The second kappa shape index (κ2) is 50.3. The maximum Gasteiger partial charge on any atom is 0.242 e. The highest BCUT2D eigenvalue weighted by atomic mass is 16.4. The van der Waals surface area contributed by atoms with Crippen molar-refractivity contribution in [2.24, 2.45) is 17.2 Å². The van der Waals surface area contributed by atoms with Gasteiger partial charge in [0.1, 0.15) is 30.2 Å². The molecule has 28 heteroatoms. The Labute approximate surface area is 471 Å². The summed E-state index contributed by atoms with van der Waals surface area (Å²) in [5.41, 5.74) is 14.2. The lowest BCUT2D eigenvalue weighted by atomic mass is 10.0. The predicted molar refractivity (Wildman–Crippen MR) is 293 cm³/mol. The van der Waals surface area contributed by atoms with Gasteiger partial charge in [-0.3, -0.25) is 52.7 Å². The van der Waals surface area contributed by atoms with Gasteiger partial charge in [0.2, 0.25) is 65.0 Å². The number of carboxylic acid groups (broad SMARTS) is 2. The first-order chi connectivity index (χ1) is 38.0. The van der Waals surface area contributed by atoms with Crippen molar-refractivity contribution in [3.8, 4) is 0 Å². The molecule has 0 aromatic heterocycles. The molecule has 2 rings (SSSR count). The zero-order chi connectivity index (χ0) is 61.3. The number of unbranched alkanes of at least 4 members (excludes halogenated alkanes) is 2. The lowest BCUT2D eigenvalue weighted by molar-refractivity contribution is -0.307. The number of carboxylic acids is 2. The monoisotopic (exact) mass is 1140 g/mol. The third-order valence-electron chi connectivity index (χ3n) is 11.6. The van der Waals surface area contributed by atoms with Crippen LogP contribution in [0, 0.1) is 0 Å². The first kappa shape index (κ1) is 77.3. The van der Waals surface area contributed by atoms with E-state index < -0.39 is 114 Å². The Hall–Kier alpha value is -6.97. The van der Waals surface area contributed by atoms with Gasteiger partial charge in [0.15, 0.2) is 0 Å². The fourth-order valence-electron chi connectivity index (χ4n) is 6.79. The van der Waals surface area contributed by atoms with Gasteiger partial charge >= 0.3 is 0 Å². The third-order valence-corrected chi connectivity index (χ3v) is 11.6. The highest BCUT2D eigenvalue weighted by Gasteiger charge is 2.25. The van der Waals surface area contributed by atoms with Crippen LogP contribution in [0.3, 0.4) is 0 Å². The average Bonchev–Trinajstić information content (AvgIpc) is 3.34. The molecular weight excluding hydrogens is 1050 g/mol. The lowest BCUT2D eigenvalue weighted by Crippen LogP contribution is -2.49. The van der Waals surface area contributed by atoms with Crippen LogP contribution in [0.5, 0.6) is 0 Å². The van der Waals surface area contributed by atoms with E-state index in [0.29, 0.717) is 19.3 Å². The van der Waals surface area contributed by atoms with E-state index in [1.807, 2.05) is 0 Å². The fourth-order valence-corrected chi connectivity index (χ4v) is 6.79. The molecule has 5 atom stereocenters. The Balaban J connectivity index is -0.00000440. The van der Waals surface area contributed by atoms with Crippen molar-refractivity contribution in [2.45, 2.75) is 206 Å². The van der Waals surface area contributed by atoms with Crippen LogP contribution in [-0.4, -0.2) is 154 Å². The first-order valence-corrected chi connectivity index (χ1v) is 27.7. The summed E-state index contributed by atoms with van der Waals surface area (Å²) in [5, 5.41) is 47.3. The molecule has 28 nitrogen and oxygen atoms in total. The summed E-state index contributed by atoms with van der Waals surface area (Å²) >= 11 is 0. The van der Waals surface area contributed by atoms with Crippen molar-refractivity contribution in [3.63, 3.8) is 0 Å². The minimum atomic E-state index is -1.55. The molecule has 0 aromatic carbocycles. The van der Waals surface area contributed by atoms with Crippen molar-refractivity contribution in [3.05, 3.63) is 0 Å². The smallest absolute Gasteiger partial charge is 0.242 e. The Morgan fingerprint density at radius 3 is 0.900 bits per heavy atom.